The quantitative estimate of drug-likeness (QED) is 0.675. The van der Waals surface area contributed by atoms with Gasteiger partial charge in [-0.05, 0) is 24.6 Å². The molecule has 0 saturated heterocycles. The second-order valence-electron chi connectivity index (χ2n) is 4.40. The maximum atomic E-state index is 10.8. The molecule has 0 unspecified atom stereocenters. The molecule has 0 aliphatic heterocycles. The summed E-state index contributed by atoms with van der Waals surface area (Å²) < 4.78 is 5.06. The highest BCUT2D eigenvalue weighted by molar-refractivity contribution is 6.33. The Morgan fingerprint density at radius 2 is 2.19 bits per heavy atom. The molecule has 7 heteroatoms. The normalized spacial score (nSPS) is 10.2. The van der Waals surface area contributed by atoms with Gasteiger partial charge in [-0.3, -0.25) is 10.1 Å². The fourth-order valence-electron chi connectivity index (χ4n) is 1.85. The van der Waals surface area contributed by atoms with E-state index in [4.69, 9.17) is 16.3 Å². The van der Waals surface area contributed by atoms with E-state index < -0.39 is 4.92 Å². The molecule has 0 aliphatic rings. The first-order valence-corrected chi connectivity index (χ1v) is 6.57. The summed E-state index contributed by atoms with van der Waals surface area (Å²) in [5.74, 6) is 0.535. The van der Waals surface area contributed by atoms with Crippen molar-refractivity contribution in [1.29, 1.82) is 0 Å². The minimum atomic E-state index is -0.497. The number of hydrogen-bond acceptors (Lipinski definition) is 5. The zero-order valence-electron chi connectivity index (χ0n) is 11.6. The minimum Gasteiger partial charge on any atom is -0.481 e. The third-order valence-corrected chi connectivity index (χ3v) is 3.24. The third-order valence-electron chi connectivity index (χ3n) is 2.94. The Labute approximate surface area is 126 Å². The van der Waals surface area contributed by atoms with Gasteiger partial charge in [0.25, 0.3) is 5.69 Å². The molecule has 21 heavy (non-hydrogen) atoms. The Balaban J connectivity index is 2.16. The van der Waals surface area contributed by atoms with E-state index in [-0.39, 0.29) is 10.7 Å². The number of ether oxygens (including phenoxy) is 1. The Kier molecular flexibility index (Phi) is 4.59. The van der Waals surface area contributed by atoms with E-state index in [2.05, 4.69) is 10.3 Å². The lowest BCUT2D eigenvalue weighted by Crippen LogP contribution is -2.04. The summed E-state index contributed by atoms with van der Waals surface area (Å²) in [4.78, 5) is 14.6. The summed E-state index contributed by atoms with van der Waals surface area (Å²) in [6.45, 7) is 2.25. The van der Waals surface area contributed by atoms with E-state index in [1.54, 1.807) is 26.2 Å². The molecule has 0 aliphatic carbocycles. The molecule has 6 nitrogen and oxygen atoms in total. The van der Waals surface area contributed by atoms with Crippen LogP contribution in [-0.4, -0.2) is 17.0 Å². The molecule has 2 aromatic rings. The van der Waals surface area contributed by atoms with Crippen LogP contribution in [0.2, 0.25) is 5.02 Å². The van der Waals surface area contributed by atoms with Crippen LogP contribution in [0.1, 0.15) is 11.3 Å². The number of anilines is 1. The van der Waals surface area contributed by atoms with Crippen LogP contribution in [0.4, 0.5) is 11.4 Å². The van der Waals surface area contributed by atoms with Gasteiger partial charge in [-0.2, -0.15) is 0 Å². The summed E-state index contributed by atoms with van der Waals surface area (Å²) in [6, 6.07) is 8.47. The zero-order chi connectivity index (χ0) is 15.4. The van der Waals surface area contributed by atoms with Crippen molar-refractivity contribution in [2.45, 2.75) is 13.5 Å². The van der Waals surface area contributed by atoms with Crippen molar-refractivity contribution in [3.8, 4) is 5.88 Å². The van der Waals surface area contributed by atoms with Gasteiger partial charge in [0.1, 0.15) is 5.02 Å². The highest BCUT2D eigenvalue weighted by Gasteiger charge is 2.14. The van der Waals surface area contributed by atoms with Crippen molar-refractivity contribution in [2.75, 3.05) is 12.4 Å². The summed E-state index contributed by atoms with van der Waals surface area (Å²) in [5, 5.41) is 14.1. The molecule has 110 valence electrons. The molecule has 0 atom stereocenters. The second kappa shape index (κ2) is 6.41. The van der Waals surface area contributed by atoms with Crippen molar-refractivity contribution in [3.05, 3.63) is 56.7 Å². The smallest absolute Gasteiger partial charge is 0.288 e. The van der Waals surface area contributed by atoms with Gasteiger partial charge in [-0.1, -0.05) is 17.7 Å². The van der Waals surface area contributed by atoms with E-state index in [0.717, 1.165) is 16.9 Å². The average molecular weight is 308 g/mol. The maximum Gasteiger partial charge on any atom is 0.288 e. The van der Waals surface area contributed by atoms with E-state index >= 15 is 0 Å². The zero-order valence-corrected chi connectivity index (χ0v) is 12.3. The SMILES string of the molecule is COc1cccc(CNc2cc(Cl)c([N+](=O)[O-])cc2C)n1. The number of hydrogen-bond donors (Lipinski definition) is 1. The Bertz CT molecular complexity index is 677. The number of benzene rings is 1. The van der Waals surface area contributed by atoms with Gasteiger partial charge < -0.3 is 10.1 Å². The molecular weight excluding hydrogens is 294 g/mol. The number of methoxy groups -OCH3 is 1. The van der Waals surface area contributed by atoms with Crippen LogP contribution in [0.25, 0.3) is 0 Å². The van der Waals surface area contributed by atoms with Crippen molar-refractivity contribution in [2.24, 2.45) is 0 Å². The molecule has 0 amide bonds. The first-order chi connectivity index (χ1) is 10.0. The molecule has 0 radical (unpaired) electrons. The van der Waals surface area contributed by atoms with Crippen molar-refractivity contribution in [1.82, 2.24) is 4.98 Å². The molecule has 1 heterocycles. The van der Waals surface area contributed by atoms with Crippen LogP contribution in [-0.2, 0) is 6.54 Å². The molecule has 0 saturated carbocycles. The average Bonchev–Trinajstić information content (AvgIpc) is 2.47. The van der Waals surface area contributed by atoms with Crippen molar-refractivity contribution in [3.63, 3.8) is 0 Å². The van der Waals surface area contributed by atoms with Crippen LogP contribution >= 0.6 is 11.6 Å². The van der Waals surface area contributed by atoms with Crippen LogP contribution in [0.5, 0.6) is 5.88 Å². The first-order valence-electron chi connectivity index (χ1n) is 6.19. The standard InChI is InChI=1S/C14H14ClN3O3/c1-9-6-13(18(19)20)11(15)7-12(9)16-8-10-4-3-5-14(17-10)21-2/h3-7,16H,8H2,1-2H3. The lowest BCUT2D eigenvalue weighted by molar-refractivity contribution is -0.384. The summed E-state index contributed by atoms with van der Waals surface area (Å²) in [6.07, 6.45) is 0. The van der Waals surface area contributed by atoms with Gasteiger partial charge >= 0.3 is 0 Å². The number of nitro benzene ring substituents is 1. The van der Waals surface area contributed by atoms with E-state index in [1.165, 1.54) is 6.07 Å². The molecule has 0 bridgehead atoms. The van der Waals surface area contributed by atoms with Gasteiger partial charge in [-0.15, -0.1) is 0 Å². The number of halogens is 1. The van der Waals surface area contributed by atoms with E-state index in [1.807, 2.05) is 12.1 Å². The number of aromatic nitrogens is 1. The van der Waals surface area contributed by atoms with Gasteiger partial charge in [0.05, 0.1) is 24.3 Å². The van der Waals surface area contributed by atoms with Crippen LogP contribution in [0.3, 0.4) is 0 Å². The number of nitrogens with one attached hydrogen (secondary N) is 1. The molecular formula is C14H14ClN3O3. The maximum absolute atomic E-state index is 10.8. The Hall–Kier alpha value is -2.34. The van der Waals surface area contributed by atoms with Gasteiger partial charge in [0.2, 0.25) is 5.88 Å². The van der Waals surface area contributed by atoms with E-state index in [0.29, 0.717) is 12.4 Å². The van der Waals surface area contributed by atoms with Crippen LogP contribution < -0.4 is 10.1 Å². The monoisotopic (exact) mass is 307 g/mol. The van der Waals surface area contributed by atoms with Gasteiger partial charge in [0.15, 0.2) is 0 Å². The number of pyridine rings is 1. The van der Waals surface area contributed by atoms with Gasteiger partial charge in [0, 0.05) is 17.8 Å². The Morgan fingerprint density at radius 3 is 2.86 bits per heavy atom. The van der Waals surface area contributed by atoms with Crippen LogP contribution in [0, 0.1) is 17.0 Å². The second-order valence-corrected chi connectivity index (χ2v) is 4.81. The lowest BCUT2D eigenvalue weighted by atomic mass is 10.1. The summed E-state index contributed by atoms with van der Waals surface area (Å²) in [5.41, 5.74) is 2.17. The van der Waals surface area contributed by atoms with Crippen molar-refractivity contribution < 1.29 is 9.66 Å². The van der Waals surface area contributed by atoms with E-state index in [9.17, 15) is 10.1 Å². The topological polar surface area (TPSA) is 77.3 Å². The van der Waals surface area contributed by atoms with Gasteiger partial charge in [-0.25, -0.2) is 4.98 Å². The minimum absolute atomic E-state index is 0.0979. The first kappa shape index (κ1) is 15.1. The number of rotatable bonds is 5. The molecule has 0 spiro atoms. The summed E-state index contributed by atoms with van der Waals surface area (Å²) in [7, 11) is 1.56. The predicted molar refractivity (Wildman–Crippen MR) is 81.0 cm³/mol. The highest BCUT2D eigenvalue weighted by atomic mass is 35.5. The molecule has 0 fully saturated rings. The Morgan fingerprint density at radius 1 is 1.43 bits per heavy atom. The number of aryl methyl sites for hydroxylation is 1. The number of nitro groups is 1. The fourth-order valence-corrected chi connectivity index (χ4v) is 2.08. The molecule has 1 N–H and O–H groups in total. The van der Waals surface area contributed by atoms with Crippen LogP contribution in [0.15, 0.2) is 30.3 Å². The molecule has 1 aromatic carbocycles. The van der Waals surface area contributed by atoms with Crippen molar-refractivity contribution >= 4 is 23.0 Å². The largest absolute Gasteiger partial charge is 0.481 e. The summed E-state index contributed by atoms with van der Waals surface area (Å²) >= 11 is 5.91. The number of nitrogens with zero attached hydrogens (tertiary/aromatic N) is 2. The molecule has 2 rings (SSSR count). The highest BCUT2D eigenvalue weighted by Crippen LogP contribution is 2.30. The predicted octanol–water partition coefficient (Wildman–Crippen LogP) is 3.57. The lowest BCUT2D eigenvalue weighted by Gasteiger charge is -2.10. The third kappa shape index (κ3) is 3.61. The fraction of sp³-hybridized carbons (Fsp3) is 0.214. The molecule has 1 aromatic heterocycles.